The van der Waals surface area contributed by atoms with Crippen molar-refractivity contribution >= 4 is 33.4 Å². The third kappa shape index (κ3) is 3.65. The summed E-state index contributed by atoms with van der Waals surface area (Å²) in [7, 11) is -3.12. The van der Waals surface area contributed by atoms with Crippen molar-refractivity contribution in [3.8, 4) is 0 Å². The highest BCUT2D eigenvalue weighted by Gasteiger charge is 2.33. The minimum absolute atomic E-state index is 0.163. The number of carbonyl (C=O) groups is 1. The van der Waals surface area contributed by atoms with Crippen molar-refractivity contribution in [1.82, 2.24) is 4.31 Å². The first-order chi connectivity index (χ1) is 8.87. The fraction of sp³-hybridized carbons (Fsp3) is 0.417. The molecule has 0 radical (unpaired) electrons. The number of rotatable bonds is 4. The van der Waals surface area contributed by atoms with Gasteiger partial charge in [0.1, 0.15) is 0 Å². The van der Waals surface area contributed by atoms with E-state index in [2.05, 4.69) is 0 Å². The monoisotopic (exact) mass is 301 g/mol. The first-order valence-electron chi connectivity index (χ1n) is 5.84. The lowest BCUT2D eigenvalue weighted by Crippen LogP contribution is -2.24. The molecule has 104 valence electrons. The fourth-order valence-corrected chi connectivity index (χ4v) is 4.90. The first kappa shape index (κ1) is 14.2. The molecule has 0 saturated carbocycles. The van der Waals surface area contributed by atoms with Gasteiger partial charge in [-0.05, 0) is 24.1 Å². The molecule has 1 saturated heterocycles. The lowest BCUT2D eigenvalue weighted by atomic mass is 10.2. The summed E-state index contributed by atoms with van der Waals surface area (Å²) in [4.78, 5) is 12.1. The highest BCUT2D eigenvalue weighted by molar-refractivity contribution is 7.89. The predicted molar refractivity (Wildman–Crippen MR) is 74.3 cm³/mol. The molecule has 1 aromatic heterocycles. The van der Waals surface area contributed by atoms with E-state index in [-0.39, 0.29) is 11.7 Å². The van der Waals surface area contributed by atoms with Gasteiger partial charge >= 0.3 is 5.97 Å². The molecule has 1 atom stereocenters. The molecule has 1 unspecified atom stereocenters. The molecule has 1 N–H and O–H groups in total. The zero-order chi connectivity index (χ0) is 14.0. The van der Waals surface area contributed by atoms with Gasteiger partial charge in [0.25, 0.3) is 0 Å². The summed E-state index contributed by atoms with van der Waals surface area (Å²) in [6.07, 6.45) is 2.59. The Balaban J connectivity index is 2.06. The number of hydrogen-bond acceptors (Lipinski definition) is 4. The average Bonchev–Trinajstić information content (AvgIpc) is 2.81. The van der Waals surface area contributed by atoms with Crippen LogP contribution in [0.1, 0.15) is 16.7 Å². The molecule has 1 aromatic rings. The SMILES string of the molecule is CC1CN(Cc2ccc(C=CC(=O)O)s2)S(=O)(=O)C1. The molecule has 1 aliphatic heterocycles. The molecular formula is C12H15NO4S2. The summed E-state index contributed by atoms with van der Waals surface area (Å²) in [6.45, 7) is 2.85. The topological polar surface area (TPSA) is 74.7 Å². The first-order valence-corrected chi connectivity index (χ1v) is 8.27. The van der Waals surface area contributed by atoms with Crippen LogP contribution in [0, 0.1) is 5.92 Å². The van der Waals surface area contributed by atoms with Crippen molar-refractivity contribution in [3.63, 3.8) is 0 Å². The number of carboxylic acids is 1. The van der Waals surface area contributed by atoms with Crippen LogP contribution in [0.5, 0.6) is 0 Å². The van der Waals surface area contributed by atoms with E-state index in [0.717, 1.165) is 15.8 Å². The summed E-state index contributed by atoms with van der Waals surface area (Å²) >= 11 is 1.41. The smallest absolute Gasteiger partial charge is 0.328 e. The Morgan fingerprint density at radius 1 is 1.58 bits per heavy atom. The van der Waals surface area contributed by atoms with Crippen molar-refractivity contribution in [3.05, 3.63) is 28.0 Å². The lowest BCUT2D eigenvalue weighted by Gasteiger charge is -2.12. The normalized spacial score (nSPS) is 23.1. The third-order valence-corrected chi connectivity index (χ3v) is 5.90. The maximum Gasteiger partial charge on any atom is 0.328 e. The summed E-state index contributed by atoms with van der Waals surface area (Å²) in [5.74, 6) is -0.619. The highest BCUT2D eigenvalue weighted by Crippen LogP contribution is 2.25. The van der Waals surface area contributed by atoms with Crippen molar-refractivity contribution in [2.75, 3.05) is 12.3 Å². The van der Waals surface area contributed by atoms with Gasteiger partial charge < -0.3 is 5.11 Å². The minimum Gasteiger partial charge on any atom is -0.478 e. The van der Waals surface area contributed by atoms with Gasteiger partial charge in [-0.2, -0.15) is 4.31 Å². The number of hydrogen-bond donors (Lipinski definition) is 1. The second kappa shape index (κ2) is 5.44. The number of carboxylic acid groups (broad SMARTS) is 1. The van der Waals surface area contributed by atoms with Crippen LogP contribution in [-0.2, 0) is 21.4 Å². The van der Waals surface area contributed by atoms with Crippen molar-refractivity contribution < 1.29 is 18.3 Å². The maximum atomic E-state index is 11.8. The Labute approximate surface area is 116 Å². The molecule has 0 bridgehead atoms. The molecule has 19 heavy (non-hydrogen) atoms. The van der Waals surface area contributed by atoms with Crippen molar-refractivity contribution in [2.45, 2.75) is 13.5 Å². The van der Waals surface area contributed by atoms with E-state index in [9.17, 15) is 13.2 Å². The third-order valence-electron chi connectivity index (χ3n) is 2.81. The number of aliphatic carboxylic acids is 1. The van der Waals surface area contributed by atoms with Gasteiger partial charge in [-0.15, -0.1) is 11.3 Å². The molecule has 2 heterocycles. The Kier molecular flexibility index (Phi) is 4.07. The maximum absolute atomic E-state index is 11.8. The molecular weight excluding hydrogens is 286 g/mol. The largest absolute Gasteiger partial charge is 0.478 e. The molecule has 0 aromatic carbocycles. The molecule has 0 aliphatic carbocycles. The van der Waals surface area contributed by atoms with Gasteiger partial charge in [-0.1, -0.05) is 6.92 Å². The van der Waals surface area contributed by atoms with E-state index in [0.29, 0.717) is 13.1 Å². The average molecular weight is 301 g/mol. The van der Waals surface area contributed by atoms with Gasteiger partial charge in [0.2, 0.25) is 10.0 Å². The minimum atomic E-state index is -3.12. The zero-order valence-corrected chi connectivity index (χ0v) is 12.1. The molecule has 2 rings (SSSR count). The number of thiophene rings is 1. The fourth-order valence-electron chi connectivity index (χ4n) is 2.04. The quantitative estimate of drug-likeness (QED) is 0.858. The molecule has 0 spiro atoms. The molecule has 0 amide bonds. The van der Waals surface area contributed by atoms with Crippen LogP contribution in [0.15, 0.2) is 18.2 Å². The summed E-state index contributed by atoms with van der Waals surface area (Å²) in [6, 6.07) is 3.64. The van der Waals surface area contributed by atoms with E-state index in [1.54, 1.807) is 6.07 Å². The van der Waals surface area contributed by atoms with Gasteiger partial charge in [-0.25, -0.2) is 13.2 Å². The van der Waals surface area contributed by atoms with E-state index >= 15 is 0 Å². The van der Waals surface area contributed by atoms with Crippen LogP contribution < -0.4 is 0 Å². The summed E-state index contributed by atoms with van der Waals surface area (Å²) < 4.78 is 25.2. The predicted octanol–water partition coefficient (Wildman–Crippen LogP) is 1.63. The summed E-state index contributed by atoms with van der Waals surface area (Å²) in [5.41, 5.74) is 0. The Morgan fingerprint density at radius 3 is 2.89 bits per heavy atom. The van der Waals surface area contributed by atoms with E-state index in [1.165, 1.54) is 21.7 Å². The Morgan fingerprint density at radius 2 is 2.32 bits per heavy atom. The standard InChI is InChI=1S/C12H15NO4S2/c1-9-6-13(19(16,17)8-9)7-11-3-2-10(18-11)4-5-12(14)15/h2-5,9H,6-8H2,1H3,(H,14,15). The zero-order valence-electron chi connectivity index (χ0n) is 10.4. The van der Waals surface area contributed by atoms with Gasteiger partial charge in [0.15, 0.2) is 0 Å². The van der Waals surface area contributed by atoms with Crippen LogP contribution in [-0.4, -0.2) is 36.1 Å². The van der Waals surface area contributed by atoms with Gasteiger partial charge in [-0.3, -0.25) is 0 Å². The van der Waals surface area contributed by atoms with E-state index in [4.69, 9.17) is 5.11 Å². The van der Waals surface area contributed by atoms with Crippen molar-refractivity contribution in [1.29, 1.82) is 0 Å². The second-order valence-electron chi connectivity index (χ2n) is 4.65. The summed E-state index contributed by atoms with van der Waals surface area (Å²) in [5, 5.41) is 8.54. The number of sulfonamides is 1. The Hall–Kier alpha value is -1.18. The lowest BCUT2D eigenvalue weighted by molar-refractivity contribution is -0.131. The van der Waals surface area contributed by atoms with Gasteiger partial charge in [0, 0.05) is 28.9 Å². The molecule has 1 aliphatic rings. The van der Waals surface area contributed by atoms with Gasteiger partial charge in [0.05, 0.1) is 5.75 Å². The van der Waals surface area contributed by atoms with Crippen LogP contribution in [0.4, 0.5) is 0 Å². The Bertz CT molecular complexity index is 603. The number of nitrogens with zero attached hydrogens (tertiary/aromatic N) is 1. The van der Waals surface area contributed by atoms with E-state index < -0.39 is 16.0 Å². The highest BCUT2D eigenvalue weighted by atomic mass is 32.2. The molecule has 5 nitrogen and oxygen atoms in total. The van der Waals surface area contributed by atoms with Crippen LogP contribution in [0.3, 0.4) is 0 Å². The second-order valence-corrected chi connectivity index (χ2v) is 7.87. The van der Waals surface area contributed by atoms with E-state index in [1.807, 2.05) is 13.0 Å². The van der Waals surface area contributed by atoms with Crippen LogP contribution in [0.2, 0.25) is 0 Å². The van der Waals surface area contributed by atoms with Crippen molar-refractivity contribution in [2.24, 2.45) is 5.92 Å². The molecule has 1 fully saturated rings. The molecule has 7 heteroatoms. The van der Waals surface area contributed by atoms with Crippen LogP contribution >= 0.6 is 11.3 Å². The van der Waals surface area contributed by atoms with Crippen LogP contribution in [0.25, 0.3) is 6.08 Å².